The smallest absolute Gasteiger partial charge is 0.269 e. The summed E-state index contributed by atoms with van der Waals surface area (Å²) in [6, 6.07) is 14.1. The molecule has 0 saturated heterocycles. The molecule has 0 spiro atoms. The molecule has 0 amide bonds. The Morgan fingerprint density at radius 1 is 1.11 bits per heavy atom. The van der Waals surface area contributed by atoms with Crippen LogP contribution >= 0.6 is 15.9 Å². The van der Waals surface area contributed by atoms with E-state index in [2.05, 4.69) is 26.1 Å². The Hall–Kier alpha value is -3.26. The van der Waals surface area contributed by atoms with Gasteiger partial charge in [-0.2, -0.15) is 0 Å². The highest BCUT2D eigenvalue weighted by atomic mass is 79.9. The van der Waals surface area contributed by atoms with Crippen molar-refractivity contribution in [3.63, 3.8) is 0 Å². The number of non-ortho nitro benzene ring substituents is 1. The van der Waals surface area contributed by atoms with E-state index in [0.717, 1.165) is 21.3 Å². The number of nitrogens with zero attached hydrogens (tertiary/aromatic N) is 4. The van der Waals surface area contributed by atoms with Crippen molar-refractivity contribution in [2.75, 3.05) is 0 Å². The first-order chi connectivity index (χ1) is 13.0. The average Bonchev–Trinajstić information content (AvgIpc) is 3.29. The van der Waals surface area contributed by atoms with E-state index >= 15 is 0 Å². The largest absolute Gasteiger partial charge is 0.360 e. The number of halogens is 1. The summed E-state index contributed by atoms with van der Waals surface area (Å²) in [6.07, 6.45) is 3.51. The number of rotatable bonds is 4. The minimum Gasteiger partial charge on any atom is -0.360 e. The van der Waals surface area contributed by atoms with Gasteiger partial charge in [-0.05, 0) is 31.2 Å². The zero-order chi connectivity index (χ0) is 19.0. The molecule has 2 heterocycles. The van der Waals surface area contributed by atoms with Crippen molar-refractivity contribution in [3.8, 4) is 28.2 Å². The molecular formula is C19H13BrN4O3. The fourth-order valence-corrected chi connectivity index (χ4v) is 3.08. The highest BCUT2D eigenvalue weighted by Gasteiger charge is 2.19. The van der Waals surface area contributed by atoms with Crippen LogP contribution < -0.4 is 0 Å². The molecular weight excluding hydrogens is 412 g/mol. The first-order valence-electron chi connectivity index (χ1n) is 8.04. The Morgan fingerprint density at radius 2 is 1.81 bits per heavy atom. The average molecular weight is 425 g/mol. The number of hydrogen-bond donors (Lipinski definition) is 0. The molecule has 8 heteroatoms. The second kappa shape index (κ2) is 6.81. The molecule has 0 radical (unpaired) electrons. The lowest BCUT2D eigenvalue weighted by Gasteiger charge is -2.02. The van der Waals surface area contributed by atoms with Crippen LogP contribution in [0.15, 0.2) is 70.1 Å². The minimum atomic E-state index is -0.423. The second-order valence-electron chi connectivity index (χ2n) is 5.91. The van der Waals surface area contributed by atoms with E-state index in [9.17, 15) is 10.1 Å². The summed E-state index contributed by atoms with van der Waals surface area (Å²) >= 11 is 3.43. The standard InChI is InChI=1S/C19H13BrN4O3/c1-12-18(19(22-27-12)13-2-4-14(20)5-3-13)17-10-23(11-21-17)15-6-8-16(9-7-15)24(25)26/h2-11H,1H3. The molecule has 0 atom stereocenters. The van der Waals surface area contributed by atoms with Gasteiger partial charge < -0.3 is 9.09 Å². The summed E-state index contributed by atoms with van der Waals surface area (Å²) in [6.45, 7) is 1.84. The van der Waals surface area contributed by atoms with Crippen LogP contribution in [-0.2, 0) is 0 Å². The summed E-state index contributed by atoms with van der Waals surface area (Å²) < 4.78 is 8.19. The zero-order valence-electron chi connectivity index (χ0n) is 14.2. The number of aryl methyl sites for hydroxylation is 1. The van der Waals surface area contributed by atoms with Crippen LogP contribution in [0.5, 0.6) is 0 Å². The van der Waals surface area contributed by atoms with Gasteiger partial charge in [-0.1, -0.05) is 33.2 Å². The van der Waals surface area contributed by atoms with Crippen LogP contribution in [0, 0.1) is 17.0 Å². The third-order valence-electron chi connectivity index (χ3n) is 4.18. The van der Waals surface area contributed by atoms with Crippen molar-refractivity contribution in [2.24, 2.45) is 0 Å². The van der Waals surface area contributed by atoms with E-state index in [1.54, 1.807) is 23.0 Å². The first-order valence-corrected chi connectivity index (χ1v) is 8.83. The summed E-state index contributed by atoms with van der Waals surface area (Å²) in [5.41, 5.74) is 4.00. The minimum absolute atomic E-state index is 0.0477. The van der Waals surface area contributed by atoms with Crippen molar-refractivity contribution < 1.29 is 9.45 Å². The molecule has 0 unspecified atom stereocenters. The molecule has 27 heavy (non-hydrogen) atoms. The maximum absolute atomic E-state index is 10.8. The Bertz CT molecular complexity index is 1110. The van der Waals surface area contributed by atoms with Crippen molar-refractivity contribution in [2.45, 2.75) is 6.92 Å². The van der Waals surface area contributed by atoms with E-state index in [1.165, 1.54) is 12.1 Å². The second-order valence-corrected chi connectivity index (χ2v) is 6.82. The lowest BCUT2D eigenvalue weighted by Crippen LogP contribution is -1.92. The molecule has 0 N–H and O–H groups in total. The maximum atomic E-state index is 10.8. The lowest BCUT2D eigenvalue weighted by atomic mass is 10.0. The molecule has 4 rings (SSSR count). The molecule has 0 fully saturated rings. The summed E-state index contributed by atoms with van der Waals surface area (Å²) in [5.74, 6) is 0.668. The van der Waals surface area contributed by atoms with Gasteiger partial charge >= 0.3 is 0 Å². The Labute approximate surface area is 162 Å². The number of benzene rings is 2. The van der Waals surface area contributed by atoms with Crippen molar-refractivity contribution in [1.29, 1.82) is 0 Å². The zero-order valence-corrected chi connectivity index (χ0v) is 15.8. The predicted molar refractivity (Wildman–Crippen MR) is 104 cm³/mol. The molecule has 2 aromatic carbocycles. The molecule has 134 valence electrons. The SMILES string of the molecule is Cc1onc(-c2ccc(Br)cc2)c1-c1cn(-c2ccc([N+](=O)[O-])cc2)cn1. The Balaban J connectivity index is 1.72. The number of imidazole rings is 1. The fourth-order valence-electron chi connectivity index (χ4n) is 2.82. The lowest BCUT2D eigenvalue weighted by molar-refractivity contribution is -0.384. The van der Waals surface area contributed by atoms with E-state index in [0.29, 0.717) is 17.1 Å². The number of nitro groups is 1. The molecule has 0 aliphatic rings. The number of hydrogen-bond acceptors (Lipinski definition) is 5. The van der Waals surface area contributed by atoms with Crippen LogP contribution in [-0.4, -0.2) is 19.6 Å². The topological polar surface area (TPSA) is 87.0 Å². The third kappa shape index (κ3) is 3.26. The van der Waals surface area contributed by atoms with Gasteiger partial charge in [0.1, 0.15) is 11.5 Å². The van der Waals surface area contributed by atoms with Gasteiger partial charge in [-0.3, -0.25) is 10.1 Å². The van der Waals surface area contributed by atoms with Crippen molar-refractivity contribution in [3.05, 3.63) is 81.4 Å². The number of nitro benzene ring substituents is 1. The Kier molecular flexibility index (Phi) is 4.33. The van der Waals surface area contributed by atoms with Crippen LogP contribution in [0.4, 0.5) is 5.69 Å². The molecule has 7 nitrogen and oxygen atoms in total. The van der Waals surface area contributed by atoms with Gasteiger partial charge in [-0.15, -0.1) is 0 Å². The highest BCUT2D eigenvalue weighted by molar-refractivity contribution is 9.10. The van der Waals surface area contributed by atoms with Crippen molar-refractivity contribution in [1.82, 2.24) is 14.7 Å². The van der Waals surface area contributed by atoms with E-state index < -0.39 is 4.92 Å². The quantitative estimate of drug-likeness (QED) is 0.332. The first kappa shape index (κ1) is 17.2. The highest BCUT2D eigenvalue weighted by Crippen LogP contribution is 2.34. The van der Waals surface area contributed by atoms with Crippen LogP contribution in [0.1, 0.15) is 5.76 Å². The third-order valence-corrected chi connectivity index (χ3v) is 4.71. The van der Waals surface area contributed by atoms with Gasteiger partial charge in [0.2, 0.25) is 0 Å². The monoisotopic (exact) mass is 424 g/mol. The normalized spacial score (nSPS) is 10.9. The molecule has 4 aromatic rings. The van der Waals surface area contributed by atoms with Gasteiger partial charge in [-0.25, -0.2) is 4.98 Å². The maximum Gasteiger partial charge on any atom is 0.269 e. The molecule has 0 aliphatic carbocycles. The van der Waals surface area contributed by atoms with Gasteiger partial charge in [0.05, 0.1) is 22.5 Å². The molecule has 0 saturated carbocycles. The number of aromatic nitrogens is 3. The summed E-state index contributed by atoms with van der Waals surface area (Å²) in [5, 5.41) is 15.0. The Morgan fingerprint density at radius 3 is 2.48 bits per heavy atom. The van der Waals surface area contributed by atoms with Crippen molar-refractivity contribution >= 4 is 21.6 Å². The van der Waals surface area contributed by atoms with E-state index in [4.69, 9.17) is 4.52 Å². The molecule has 0 aliphatic heterocycles. The fraction of sp³-hybridized carbons (Fsp3) is 0.0526. The van der Waals surface area contributed by atoms with Crippen LogP contribution in [0.3, 0.4) is 0 Å². The van der Waals surface area contributed by atoms with E-state index in [1.807, 2.05) is 37.4 Å². The van der Waals surface area contributed by atoms with E-state index in [-0.39, 0.29) is 5.69 Å². The van der Waals surface area contributed by atoms with Crippen LogP contribution in [0.25, 0.3) is 28.2 Å². The van der Waals surface area contributed by atoms with Crippen LogP contribution in [0.2, 0.25) is 0 Å². The molecule has 2 aromatic heterocycles. The summed E-state index contributed by atoms with van der Waals surface area (Å²) in [4.78, 5) is 14.9. The van der Waals surface area contributed by atoms with Gasteiger partial charge in [0.25, 0.3) is 5.69 Å². The summed E-state index contributed by atoms with van der Waals surface area (Å²) in [7, 11) is 0. The van der Waals surface area contributed by atoms with Gasteiger partial charge in [0, 0.05) is 34.1 Å². The van der Waals surface area contributed by atoms with Gasteiger partial charge in [0.15, 0.2) is 0 Å². The molecule has 0 bridgehead atoms. The predicted octanol–water partition coefficient (Wildman–Crippen LogP) is 5.17.